The number of primary amides is 1. The first-order valence-electron chi connectivity index (χ1n) is 3.39. The molecule has 0 unspecified atom stereocenters. The van der Waals surface area contributed by atoms with E-state index in [1.165, 1.54) is 0 Å². The lowest BCUT2D eigenvalue weighted by Gasteiger charge is -1.98. The molecule has 1 rings (SSSR count). The first-order chi connectivity index (χ1) is 5.75. The lowest BCUT2D eigenvalue weighted by Crippen LogP contribution is -2.10. The number of benzene rings is 1. The van der Waals surface area contributed by atoms with Crippen LogP contribution < -0.4 is 11.5 Å². The number of aliphatic imine (C=N–C) groups is 1. The molecule has 0 heterocycles. The molecule has 4 N–H and O–H groups in total. The van der Waals surface area contributed by atoms with E-state index < -0.39 is 5.91 Å². The Kier molecular flexibility index (Phi) is 2.42. The van der Waals surface area contributed by atoms with E-state index in [0.29, 0.717) is 11.3 Å². The van der Waals surface area contributed by atoms with Crippen LogP contribution in [0.15, 0.2) is 29.3 Å². The van der Waals surface area contributed by atoms with Crippen LogP contribution in [0.25, 0.3) is 0 Å². The number of nitrogens with two attached hydrogens (primary N) is 2. The van der Waals surface area contributed by atoms with E-state index in [1.807, 2.05) is 0 Å². The fraction of sp³-hybridized carbons (Fsp3) is 0. The molecule has 12 heavy (non-hydrogen) atoms. The van der Waals surface area contributed by atoms with Gasteiger partial charge in [0.1, 0.15) is 0 Å². The van der Waals surface area contributed by atoms with Gasteiger partial charge in [0.2, 0.25) is 0 Å². The monoisotopic (exact) mass is 163 g/mol. The molecule has 0 spiro atoms. The van der Waals surface area contributed by atoms with Crippen LogP contribution in [0, 0.1) is 0 Å². The number of rotatable bonds is 2. The SMILES string of the molecule is NC=Nc1ccccc1C(N)=O. The molecule has 0 atom stereocenters. The van der Waals surface area contributed by atoms with Crippen molar-refractivity contribution >= 4 is 17.9 Å². The molecule has 0 bridgehead atoms. The molecule has 0 aromatic heterocycles. The Balaban J connectivity index is 3.17. The maximum Gasteiger partial charge on any atom is 0.250 e. The van der Waals surface area contributed by atoms with E-state index >= 15 is 0 Å². The maximum atomic E-state index is 10.8. The zero-order valence-corrected chi connectivity index (χ0v) is 6.40. The van der Waals surface area contributed by atoms with Gasteiger partial charge in [-0.25, -0.2) is 4.99 Å². The average Bonchev–Trinajstić information content (AvgIpc) is 2.05. The molecule has 0 aliphatic rings. The van der Waals surface area contributed by atoms with Crippen molar-refractivity contribution in [1.82, 2.24) is 0 Å². The number of carbonyl (C=O) groups is 1. The van der Waals surface area contributed by atoms with Crippen molar-refractivity contribution in [2.75, 3.05) is 0 Å². The van der Waals surface area contributed by atoms with Gasteiger partial charge in [0.15, 0.2) is 0 Å². The van der Waals surface area contributed by atoms with E-state index in [4.69, 9.17) is 11.5 Å². The number of nitrogens with zero attached hydrogens (tertiary/aromatic N) is 1. The summed E-state index contributed by atoms with van der Waals surface area (Å²) in [7, 11) is 0. The molecule has 4 nitrogen and oxygen atoms in total. The predicted molar refractivity (Wildman–Crippen MR) is 47.3 cm³/mol. The second-order valence-corrected chi connectivity index (χ2v) is 2.16. The minimum absolute atomic E-state index is 0.374. The van der Waals surface area contributed by atoms with Crippen LogP contribution in [0.5, 0.6) is 0 Å². The molecular formula is C8H9N3O. The van der Waals surface area contributed by atoms with Gasteiger partial charge >= 0.3 is 0 Å². The number of carbonyl (C=O) groups excluding carboxylic acids is 1. The summed E-state index contributed by atoms with van der Waals surface area (Å²) in [5.41, 5.74) is 11.0. The molecule has 0 aliphatic heterocycles. The largest absolute Gasteiger partial charge is 0.390 e. The summed E-state index contributed by atoms with van der Waals surface area (Å²) in [5, 5.41) is 0. The number of hydrogen-bond acceptors (Lipinski definition) is 2. The van der Waals surface area contributed by atoms with E-state index in [1.54, 1.807) is 24.3 Å². The van der Waals surface area contributed by atoms with Gasteiger partial charge in [-0.1, -0.05) is 12.1 Å². The van der Waals surface area contributed by atoms with Crippen LogP contribution in [0.1, 0.15) is 10.4 Å². The van der Waals surface area contributed by atoms with Crippen molar-refractivity contribution in [2.45, 2.75) is 0 Å². The van der Waals surface area contributed by atoms with Gasteiger partial charge in [-0.3, -0.25) is 4.79 Å². The Morgan fingerprint density at radius 2 is 2.08 bits per heavy atom. The lowest BCUT2D eigenvalue weighted by atomic mass is 10.2. The first kappa shape index (κ1) is 8.26. The van der Waals surface area contributed by atoms with Gasteiger partial charge in [-0.05, 0) is 12.1 Å². The Hall–Kier alpha value is -1.84. The zero-order chi connectivity index (χ0) is 8.97. The van der Waals surface area contributed by atoms with Gasteiger partial charge < -0.3 is 11.5 Å². The molecule has 1 amide bonds. The van der Waals surface area contributed by atoms with Gasteiger partial charge in [0, 0.05) is 0 Å². The van der Waals surface area contributed by atoms with E-state index in [2.05, 4.69) is 4.99 Å². The molecule has 0 aliphatic carbocycles. The number of amides is 1. The number of para-hydroxylation sites is 1. The molecule has 62 valence electrons. The second-order valence-electron chi connectivity index (χ2n) is 2.16. The average molecular weight is 163 g/mol. The van der Waals surface area contributed by atoms with Crippen LogP contribution in [-0.4, -0.2) is 12.2 Å². The predicted octanol–water partition coefficient (Wildman–Crippen LogP) is 0.404. The van der Waals surface area contributed by atoms with Crippen LogP contribution in [0.4, 0.5) is 5.69 Å². The molecule has 1 aromatic rings. The molecular weight excluding hydrogens is 154 g/mol. The third-order valence-electron chi connectivity index (χ3n) is 1.38. The smallest absolute Gasteiger partial charge is 0.250 e. The van der Waals surface area contributed by atoms with Crippen molar-refractivity contribution in [3.63, 3.8) is 0 Å². The molecule has 4 heteroatoms. The Labute approximate surface area is 69.9 Å². The topological polar surface area (TPSA) is 81.5 Å². The van der Waals surface area contributed by atoms with Crippen molar-refractivity contribution in [1.29, 1.82) is 0 Å². The Morgan fingerprint density at radius 3 is 2.67 bits per heavy atom. The van der Waals surface area contributed by atoms with Gasteiger partial charge in [-0.15, -0.1) is 0 Å². The highest BCUT2D eigenvalue weighted by Gasteiger charge is 2.04. The highest BCUT2D eigenvalue weighted by atomic mass is 16.1. The quantitative estimate of drug-likeness (QED) is 0.488. The summed E-state index contributed by atoms with van der Waals surface area (Å²) in [6, 6.07) is 6.75. The standard InChI is InChI=1S/C8H9N3O/c9-5-11-7-4-2-1-3-6(7)8(10)12/h1-5H,(H2,9,11)(H2,10,12). The number of hydrogen-bond donors (Lipinski definition) is 2. The van der Waals surface area contributed by atoms with Crippen LogP contribution in [0.3, 0.4) is 0 Å². The minimum Gasteiger partial charge on any atom is -0.390 e. The van der Waals surface area contributed by atoms with Crippen molar-refractivity contribution in [2.24, 2.45) is 16.5 Å². The summed E-state index contributed by atoms with van der Waals surface area (Å²) in [6.45, 7) is 0. The van der Waals surface area contributed by atoms with Gasteiger partial charge in [0.05, 0.1) is 17.6 Å². The van der Waals surface area contributed by atoms with Crippen molar-refractivity contribution in [3.05, 3.63) is 29.8 Å². The molecule has 0 fully saturated rings. The highest BCUT2D eigenvalue weighted by Crippen LogP contribution is 2.16. The summed E-state index contributed by atoms with van der Waals surface area (Å²) < 4.78 is 0. The molecule has 0 radical (unpaired) electrons. The Morgan fingerprint density at radius 1 is 1.42 bits per heavy atom. The van der Waals surface area contributed by atoms with E-state index in [-0.39, 0.29) is 0 Å². The second kappa shape index (κ2) is 3.52. The van der Waals surface area contributed by atoms with E-state index in [0.717, 1.165) is 6.34 Å². The fourth-order valence-electron chi connectivity index (χ4n) is 0.875. The normalized spacial score (nSPS) is 10.3. The fourth-order valence-corrected chi connectivity index (χ4v) is 0.875. The third-order valence-corrected chi connectivity index (χ3v) is 1.38. The molecule has 0 saturated carbocycles. The maximum absolute atomic E-state index is 10.8. The zero-order valence-electron chi connectivity index (χ0n) is 6.40. The lowest BCUT2D eigenvalue weighted by molar-refractivity contribution is 0.100. The third kappa shape index (κ3) is 1.60. The molecule has 1 aromatic carbocycles. The van der Waals surface area contributed by atoms with Crippen LogP contribution >= 0.6 is 0 Å². The van der Waals surface area contributed by atoms with Crippen LogP contribution in [-0.2, 0) is 0 Å². The van der Waals surface area contributed by atoms with Gasteiger partial charge in [0.25, 0.3) is 5.91 Å². The minimum atomic E-state index is -0.504. The summed E-state index contributed by atoms with van der Waals surface area (Å²) in [4.78, 5) is 14.6. The first-order valence-corrected chi connectivity index (χ1v) is 3.39. The van der Waals surface area contributed by atoms with Crippen LogP contribution in [0.2, 0.25) is 0 Å². The summed E-state index contributed by atoms with van der Waals surface area (Å²) >= 11 is 0. The Bertz CT molecular complexity index is 320. The summed E-state index contributed by atoms with van der Waals surface area (Å²) in [6.07, 6.45) is 1.13. The summed E-state index contributed by atoms with van der Waals surface area (Å²) in [5.74, 6) is -0.504. The van der Waals surface area contributed by atoms with E-state index in [9.17, 15) is 4.79 Å². The highest BCUT2D eigenvalue weighted by molar-refractivity contribution is 5.98. The van der Waals surface area contributed by atoms with Crippen molar-refractivity contribution < 1.29 is 4.79 Å². The van der Waals surface area contributed by atoms with Gasteiger partial charge in [-0.2, -0.15) is 0 Å². The van der Waals surface area contributed by atoms with Crippen molar-refractivity contribution in [3.8, 4) is 0 Å². The molecule has 0 saturated heterocycles.